The van der Waals surface area contributed by atoms with Crippen molar-refractivity contribution in [2.75, 3.05) is 30.8 Å². The molecule has 10 heteroatoms. The highest BCUT2D eigenvalue weighted by Gasteiger charge is 2.32. The highest BCUT2D eigenvalue weighted by molar-refractivity contribution is 7.80. The molecule has 3 heterocycles. The summed E-state index contributed by atoms with van der Waals surface area (Å²) < 4.78 is 7.51. The number of hydrogen-bond donors (Lipinski definition) is 1. The number of carbonyl (C=O) groups is 1. The van der Waals surface area contributed by atoms with Crippen molar-refractivity contribution in [1.29, 1.82) is 5.26 Å². The van der Waals surface area contributed by atoms with Crippen LogP contribution in [0.3, 0.4) is 0 Å². The second kappa shape index (κ2) is 9.42. The molecule has 2 aromatic heterocycles. The van der Waals surface area contributed by atoms with E-state index in [1.807, 2.05) is 25.4 Å². The number of carbonyl (C=O) groups excluding carboxylic acids is 1. The smallest absolute Gasteiger partial charge is 0.274 e. The van der Waals surface area contributed by atoms with Gasteiger partial charge in [0, 0.05) is 32.0 Å². The second-order valence-electron chi connectivity index (χ2n) is 8.18. The van der Waals surface area contributed by atoms with Gasteiger partial charge in [-0.1, -0.05) is 6.92 Å². The van der Waals surface area contributed by atoms with E-state index < -0.39 is 0 Å². The van der Waals surface area contributed by atoms with Crippen molar-refractivity contribution in [3.63, 3.8) is 0 Å². The Balaban J connectivity index is 1.59. The zero-order chi connectivity index (χ0) is 23.5. The molecular formula is C23H25N7O2S. The summed E-state index contributed by atoms with van der Waals surface area (Å²) in [7, 11) is 1.97. The van der Waals surface area contributed by atoms with Gasteiger partial charge >= 0.3 is 0 Å². The molecule has 2 N–H and O–H groups in total. The summed E-state index contributed by atoms with van der Waals surface area (Å²) in [5.74, 6) is 1.55. The number of ether oxygens (including phenoxy) is 1. The van der Waals surface area contributed by atoms with Gasteiger partial charge in [0.1, 0.15) is 24.3 Å². The van der Waals surface area contributed by atoms with Gasteiger partial charge in [-0.2, -0.15) is 5.26 Å². The fourth-order valence-corrected chi connectivity index (χ4v) is 4.41. The zero-order valence-corrected chi connectivity index (χ0v) is 19.3. The van der Waals surface area contributed by atoms with E-state index in [0.717, 1.165) is 17.6 Å². The summed E-state index contributed by atoms with van der Waals surface area (Å²) in [6.45, 7) is 3.38. The Morgan fingerprint density at radius 2 is 2.09 bits per heavy atom. The van der Waals surface area contributed by atoms with Crippen molar-refractivity contribution in [1.82, 2.24) is 19.4 Å². The first-order valence-corrected chi connectivity index (χ1v) is 11.1. The molecule has 2 atom stereocenters. The van der Waals surface area contributed by atoms with E-state index in [9.17, 15) is 4.79 Å². The van der Waals surface area contributed by atoms with Gasteiger partial charge < -0.3 is 20.3 Å². The number of anilines is 2. The van der Waals surface area contributed by atoms with Gasteiger partial charge in [0.2, 0.25) is 5.91 Å². The highest BCUT2D eigenvalue weighted by Crippen LogP contribution is 2.30. The van der Waals surface area contributed by atoms with E-state index >= 15 is 0 Å². The van der Waals surface area contributed by atoms with Crippen molar-refractivity contribution in [3.8, 4) is 11.8 Å². The topological polar surface area (TPSA) is 113 Å². The number of likely N-dealkylation sites (N-methyl/N-ethyl adjacent to an activating group) is 1. The molecule has 0 bridgehead atoms. The molecule has 3 aromatic rings. The number of nitriles is 1. The number of amides is 1. The second-order valence-corrected chi connectivity index (χ2v) is 8.53. The minimum atomic E-state index is -0.132. The summed E-state index contributed by atoms with van der Waals surface area (Å²) in [5, 5.41) is 9.96. The van der Waals surface area contributed by atoms with Crippen LogP contribution >= 0.6 is 12.2 Å². The normalized spacial score (nSPS) is 18.0. The average Bonchev–Trinajstić information content (AvgIpc) is 3.25. The predicted octanol–water partition coefficient (Wildman–Crippen LogP) is 2.81. The number of nitrogens with two attached hydrogens (primary N) is 1. The van der Waals surface area contributed by atoms with Crippen LogP contribution in [-0.2, 0) is 4.79 Å². The van der Waals surface area contributed by atoms with Crippen LogP contribution in [0.25, 0.3) is 11.0 Å². The molecule has 1 saturated heterocycles. The van der Waals surface area contributed by atoms with E-state index in [4.69, 9.17) is 28.0 Å². The van der Waals surface area contributed by atoms with Gasteiger partial charge in [0.15, 0.2) is 5.65 Å². The van der Waals surface area contributed by atoms with Gasteiger partial charge in [-0.15, -0.1) is 0 Å². The Labute approximate surface area is 197 Å². The average molecular weight is 464 g/mol. The summed E-state index contributed by atoms with van der Waals surface area (Å²) in [4.78, 5) is 25.1. The van der Waals surface area contributed by atoms with Crippen LogP contribution in [-0.4, -0.2) is 56.7 Å². The molecule has 170 valence electrons. The van der Waals surface area contributed by atoms with Crippen LogP contribution in [0.15, 0.2) is 42.9 Å². The SMILES string of the molecule is C[C@@H]1CCN(C(=O)CC#N)C[C@@H]1N(C)c1ncnc2c1ccn2C(=S)Oc1ccc(N)cc1. The van der Waals surface area contributed by atoms with Crippen molar-refractivity contribution in [2.45, 2.75) is 25.8 Å². The predicted molar refractivity (Wildman–Crippen MR) is 130 cm³/mol. The Morgan fingerprint density at radius 3 is 2.82 bits per heavy atom. The van der Waals surface area contributed by atoms with E-state index in [1.54, 1.807) is 33.7 Å². The third-order valence-corrected chi connectivity index (χ3v) is 6.36. The first-order valence-electron chi connectivity index (χ1n) is 10.7. The molecule has 0 spiro atoms. The number of nitrogen functional groups attached to an aromatic ring is 1. The molecule has 1 aromatic carbocycles. The molecule has 0 aliphatic carbocycles. The van der Waals surface area contributed by atoms with Crippen LogP contribution in [0.1, 0.15) is 19.8 Å². The maximum absolute atomic E-state index is 12.3. The third-order valence-electron chi connectivity index (χ3n) is 6.08. The number of thiocarbonyl (C=S) groups is 1. The van der Waals surface area contributed by atoms with Crippen LogP contribution in [0, 0.1) is 17.2 Å². The number of likely N-dealkylation sites (tertiary alicyclic amines) is 1. The Bertz CT molecular complexity index is 1220. The summed E-state index contributed by atoms with van der Waals surface area (Å²) in [6, 6.07) is 10.9. The lowest BCUT2D eigenvalue weighted by Crippen LogP contribution is -2.52. The van der Waals surface area contributed by atoms with Gasteiger partial charge in [-0.25, -0.2) is 9.97 Å². The molecule has 1 amide bonds. The van der Waals surface area contributed by atoms with Crippen LogP contribution in [0.5, 0.6) is 5.75 Å². The maximum atomic E-state index is 12.3. The number of rotatable bonds is 4. The molecule has 1 aliphatic heterocycles. The maximum Gasteiger partial charge on any atom is 0.274 e. The first-order chi connectivity index (χ1) is 15.9. The van der Waals surface area contributed by atoms with Gasteiger partial charge in [-0.05, 0) is 54.9 Å². The molecule has 0 radical (unpaired) electrons. The van der Waals surface area contributed by atoms with Crippen LogP contribution in [0.2, 0.25) is 0 Å². The van der Waals surface area contributed by atoms with E-state index in [0.29, 0.717) is 36.1 Å². The Morgan fingerprint density at radius 1 is 1.33 bits per heavy atom. The van der Waals surface area contributed by atoms with Crippen molar-refractivity contribution < 1.29 is 9.53 Å². The number of fused-ring (bicyclic) bond motifs is 1. The molecule has 4 rings (SSSR count). The largest absolute Gasteiger partial charge is 0.431 e. The van der Waals surface area contributed by atoms with E-state index in [-0.39, 0.29) is 23.5 Å². The molecule has 9 nitrogen and oxygen atoms in total. The van der Waals surface area contributed by atoms with Gasteiger partial charge in [0.05, 0.1) is 17.5 Å². The van der Waals surface area contributed by atoms with Gasteiger partial charge in [0.25, 0.3) is 5.17 Å². The van der Waals surface area contributed by atoms with E-state index in [2.05, 4.69) is 21.8 Å². The third kappa shape index (κ3) is 4.59. The first kappa shape index (κ1) is 22.5. The fraction of sp³-hybridized carbons (Fsp3) is 0.348. The highest BCUT2D eigenvalue weighted by atomic mass is 32.1. The van der Waals surface area contributed by atoms with Crippen molar-refractivity contribution in [2.24, 2.45) is 5.92 Å². The minimum absolute atomic E-state index is 0.0563. The standard InChI is InChI=1S/C23H25N7O2S/c1-15-8-11-29(20(31)7-10-24)13-19(15)28(2)21-18-9-12-30(22(18)27-14-26-21)23(33)32-17-5-3-16(25)4-6-17/h3-6,9,12,14-15,19H,7-8,11,13,25H2,1-2H3/t15-,19+/m1/s1. The number of nitrogens with zero attached hydrogens (tertiary/aromatic N) is 6. The molecule has 1 aliphatic rings. The van der Waals surface area contributed by atoms with Gasteiger partial charge in [-0.3, -0.25) is 9.36 Å². The lowest BCUT2D eigenvalue weighted by Gasteiger charge is -2.42. The van der Waals surface area contributed by atoms with Crippen molar-refractivity contribution >= 4 is 45.8 Å². The Kier molecular flexibility index (Phi) is 6.42. The molecule has 1 fully saturated rings. The summed E-state index contributed by atoms with van der Waals surface area (Å²) in [5.41, 5.74) is 7.01. The zero-order valence-electron chi connectivity index (χ0n) is 18.5. The molecule has 33 heavy (non-hydrogen) atoms. The quantitative estimate of drug-likeness (QED) is 0.464. The number of aromatic nitrogens is 3. The lowest BCUT2D eigenvalue weighted by molar-refractivity contribution is -0.131. The summed E-state index contributed by atoms with van der Waals surface area (Å²) in [6.07, 6.45) is 4.07. The van der Waals surface area contributed by atoms with Crippen LogP contribution < -0.4 is 15.4 Å². The number of benzene rings is 1. The summed E-state index contributed by atoms with van der Waals surface area (Å²) >= 11 is 5.50. The molecule has 0 unspecified atom stereocenters. The molecule has 0 saturated carbocycles. The lowest BCUT2D eigenvalue weighted by atomic mass is 9.92. The minimum Gasteiger partial charge on any atom is -0.431 e. The van der Waals surface area contributed by atoms with Crippen molar-refractivity contribution in [3.05, 3.63) is 42.9 Å². The number of piperidine rings is 1. The van der Waals surface area contributed by atoms with E-state index in [1.165, 1.54) is 6.33 Å². The Hall–Kier alpha value is -3.71. The molecular weight excluding hydrogens is 438 g/mol. The fourth-order valence-electron chi connectivity index (χ4n) is 4.17. The number of hydrogen-bond acceptors (Lipinski definition) is 8. The monoisotopic (exact) mass is 463 g/mol. The van der Waals surface area contributed by atoms with Crippen LogP contribution in [0.4, 0.5) is 11.5 Å².